The average molecular weight is 192 g/mol. The fourth-order valence-corrected chi connectivity index (χ4v) is 1.95. The van der Waals surface area contributed by atoms with Gasteiger partial charge in [-0.1, -0.05) is 0 Å². The monoisotopic (exact) mass is 192 g/mol. The van der Waals surface area contributed by atoms with E-state index in [-0.39, 0.29) is 5.60 Å². The Balaban J connectivity index is 2.14. The van der Waals surface area contributed by atoms with E-state index in [0.717, 1.165) is 12.8 Å². The molecule has 1 aromatic heterocycles. The fraction of sp³-hybridized carbons (Fsp3) is 0.545. The number of pyridine rings is 1. The van der Waals surface area contributed by atoms with Crippen molar-refractivity contribution >= 4 is 5.69 Å². The summed E-state index contributed by atoms with van der Waals surface area (Å²) in [5, 5.41) is 0. The van der Waals surface area contributed by atoms with Crippen LogP contribution in [0.3, 0.4) is 0 Å². The van der Waals surface area contributed by atoms with Crippen molar-refractivity contribution in [3.8, 4) is 5.88 Å². The van der Waals surface area contributed by atoms with Gasteiger partial charge in [0.1, 0.15) is 5.60 Å². The van der Waals surface area contributed by atoms with Crippen LogP contribution in [0.15, 0.2) is 18.3 Å². The van der Waals surface area contributed by atoms with Crippen molar-refractivity contribution in [2.24, 2.45) is 0 Å². The standard InChI is InChI=1S/C11H16N2O/c1-11(6-2-3-7-11)14-10-9(12)5-4-8-13-10/h4-5,8H,2-3,6-7,12H2,1H3. The van der Waals surface area contributed by atoms with Gasteiger partial charge in [0.05, 0.1) is 5.69 Å². The molecule has 1 heterocycles. The number of nitrogens with zero attached hydrogens (tertiary/aromatic N) is 1. The Hall–Kier alpha value is -1.25. The predicted octanol–water partition coefficient (Wildman–Crippen LogP) is 2.38. The van der Waals surface area contributed by atoms with Crippen molar-refractivity contribution in [1.29, 1.82) is 0 Å². The molecular weight excluding hydrogens is 176 g/mol. The molecule has 2 rings (SSSR count). The molecule has 3 heteroatoms. The van der Waals surface area contributed by atoms with E-state index in [1.54, 1.807) is 6.20 Å². The highest BCUT2D eigenvalue weighted by Gasteiger charge is 2.31. The lowest BCUT2D eigenvalue weighted by atomic mass is 10.1. The lowest BCUT2D eigenvalue weighted by molar-refractivity contribution is 0.0919. The van der Waals surface area contributed by atoms with Crippen LogP contribution in [0.4, 0.5) is 5.69 Å². The molecular formula is C11H16N2O. The van der Waals surface area contributed by atoms with Crippen LogP contribution in [0.25, 0.3) is 0 Å². The highest BCUT2D eigenvalue weighted by Crippen LogP contribution is 2.34. The second-order valence-corrected chi connectivity index (χ2v) is 4.16. The van der Waals surface area contributed by atoms with E-state index in [9.17, 15) is 0 Å². The van der Waals surface area contributed by atoms with Crippen LogP contribution in [0.1, 0.15) is 32.6 Å². The Kier molecular flexibility index (Phi) is 2.32. The molecule has 0 atom stereocenters. The number of anilines is 1. The zero-order valence-electron chi connectivity index (χ0n) is 8.49. The minimum Gasteiger partial charge on any atom is -0.470 e. The molecule has 3 nitrogen and oxygen atoms in total. The maximum absolute atomic E-state index is 5.86. The summed E-state index contributed by atoms with van der Waals surface area (Å²) in [6.07, 6.45) is 6.39. The molecule has 0 unspecified atom stereocenters. The Morgan fingerprint density at radius 1 is 1.43 bits per heavy atom. The first-order valence-corrected chi connectivity index (χ1v) is 5.09. The zero-order chi connectivity index (χ0) is 10.0. The Morgan fingerprint density at radius 2 is 2.14 bits per heavy atom. The summed E-state index contributed by atoms with van der Waals surface area (Å²) in [5.41, 5.74) is 6.34. The first-order valence-electron chi connectivity index (χ1n) is 5.09. The predicted molar refractivity (Wildman–Crippen MR) is 56.2 cm³/mol. The van der Waals surface area contributed by atoms with E-state index in [0.29, 0.717) is 11.6 Å². The summed E-state index contributed by atoms with van der Waals surface area (Å²) in [5.74, 6) is 0.580. The summed E-state index contributed by atoms with van der Waals surface area (Å²) in [7, 11) is 0. The van der Waals surface area contributed by atoms with E-state index in [1.165, 1.54) is 12.8 Å². The topological polar surface area (TPSA) is 48.1 Å². The molecule has 76 valence electrons. The Bertz CT molecular complexity index is 319. The summed E-state index contributed by atoms with van der Waals surface area (Å²) >= 11 is 0. The molecule has 1 aromatic rings. The lowest BCUT2D eigenvalue weighted by Crippen LogP contribution is -2.28. The van der Waals surface area contributed by atoms with Gasteiger partial charge in [0.15, 0.2) is 0 Å². The van der Waals surface area contributed by atoms with Gasteiger partial charge in [-0.2, -0.15) is 0 Å². The van der Waals surface area contributed by atoms with E-state index < -0.39 is 0 Å². The smallest absolute Gasteiger partial charge is 0.237 e. The normalized spacial score (nSPS) is 19.5. The van der Waals surface area contributed by atoms with Crippen molar-refractivity contribution < 1.29 is 4.74 Å². The number of nitrogens with two attached hydrogens (primary N) is 1. The second-order valence-electron chi connectivity index (χ2n) is 4.16. The third-order valence-corrected chi connectivity index (χ3v) is 2.80. The van der Waals surface area contributed by atoms with Gasteiger partial charge >= 0.3 is 0 Å². The number of hydrogen-bond acceptors (Lipinski definition) is 3. The van der Waals surface area contributed by atoms with Crippen LogP contribution in [0.2, 0.25) is 0 Å². The number of rotatable bonds is 2. The number of ether oxygens (including phenoxy) is 1. The van der Waals surface area contributed by atoms with Gasteiger partial charge in [0.2, 0.25) is 5.88 Å². The van der Waals surface area contributed by atoms with E-state index in [4.69, 9.17) is 10.5 Å². The van der Waals surface area contributed by atoms with Crippen LogP contribution >= 0.6 is 0 Å². The average Bonchev–Trinajstić information content (AvgIpc) is 2.57. The highest BCUT2D eigenvalue weighted by atomic mass is 16.5. The molecule has 0 saturated heterocycles. The van der Waals surface area contributed by atoms with Crippen molar-refractivity contribution in [3.63, 3.8) is 0 Å². The largest absolute Gasteiger partial charge is 0.470 e. The molecule has 0 radical (unpaired) electrons. The van der Waals surface area contributed by atoms with Gasteiger partial charge in [-0.25, -0.2) is 4.98 Å². The molecule has 14 heavy (non-hydrogen) atoms. The number of nitrogen functional groups attached to an aromatic ring is 1. The van der Waals surface area contributed by atoms with Crippen LogP contribution in [0.5, 0.6) is 5.88 Å². The zero-order valence-corrected chi connectivity index (χ0v) is 8.49. The quantitative estimate of drug-likeness (QED) is 0.782. The van der Waals surface area contributed by atoms with E-state index >= 15 is 0 Å². The summed E-state index contributed by atoms with van der Waals surface area (Å²) < 4.78 is 5.86. The van der Waals surface area contributed by atoms with E-state index in [1.807, 2.05) is 12.1 Å². The van der Waals surface area contributed by atoms with Gasteiger partial charge in [-0.3, -0.25) is 0 Å². The summed E-state index contributed by atoms with van der Waals surface area (Å²) in [6, 6.07) is 3.64. The first-order chi connectivity index (χ1) is 6.70. The maximum Gasteiger partial charge on any atom is 0.237 e. The molecule has 1 saturated carbocycles. The highest BCUT2D eigenvalue weighted by molar-refractivity contribution is 5.47. The SMILES string of the molecule is CC1(Oc2ncccc2N)CCCC1. The molecule has 0 aliphatic heterocycles. The minimum atomic E-state index is -0.0531. The summed E-state index contributed by atoms with van der Waals surface area (Å²) in [4.78, 5) is 4.14. The molecule has 0 spiro atoms. The molecule has 1 fully saturated rings. The Morgan fingerprint density at radius 3 is 2.79 bits per heavy atom. The van der Waals surface area contributed by atoms with Gasteiger partial charge in [-0.15, -0.1) is 0 Å². The van der Waals surface area contributed by atoms with E-state index in [2.05, 4.69) is 11.9 Å². The van der Waals surface area contributed by atoms with Crippen LogP contribution in [-0.4, -0.2) is 10.6 Å². The van der Waals surface area contributed by atoms with Crippen LogP contribution < -0.4 is 10.5 Å². The third kappa shape index (κ3) is 1.81. The lowest BCUT2D eigenvalue weighted by Gasteiger charge is -2.25. The van der Waals surface area contributed by atoms with Gasteiger partial charge < -0.3 is 10.5 Å². The molecule has 1 aliphatic rings. The van der Waals surface area contributed by atoms with Crippen molar-refractivity contribution in [2.75, 3.05) is 5.73 Å². The molecule has 0 bridgehead atoms. The van der Waals surface area contributed by atoms with Crippen LogP contribution in [-0.2, 0) is 0 Å². The molecule has 0 aromatic carbocycles. The van der Waals surface area contributed by atoms with Crippen LogP contribution in [0, 0.1) is 0 Å². The number of aromatic nitrogens is 1. The van der Waals surface area contributed by atoms with Crippen molar-refractivity contribution in [3.05, 3.63) is 18.3 Å². The number of hydrogen-bond donors (Lipinski definition) is 1. The second kappa shape index (κ2) is 3.48. The van der Waals surface area contributed by atoms with Crippen molar-refractivity contribution in [2.45, 2.75) is 38.2 Å². The molecule has 1 aliphatic carbocycles. The first kappa shape index (κ1) is 9.31. The van der Waals surface area contributed by atoms with Gasteiger partial charge in [-0.05, 0) is 44.7 Å². The summed E-state index contributed by atoms with van der Waals surface area (Å²) in [6.45, 7) is 2.13. The fourth-order valence-electron chi connectivity index (χ4n) is 1.95. The maximum atomic E-state index is 5.86. The van der Waals surface area contributed by atoms with Gasteiger partial charge in [0.25, 0.3) is 0 Å². The van der Waals surface area contributed by atoms with Crippen molar-refractivity contribution in [1.82, 2.24) is 4.98 Å². The van der Waals surface area contributed by atoms with Gasteiger partial charge in [0, 0.05) is 6.20 Å². The third-order valence-electron chi connectivity index (χ3n) is 2.80. The molecule has 0 amide bonds. The minimum absolute atomic E-state index is 0.0531. The Labute approximate surface area is 84.3 Å². The molecule has 2 N–H and O–H groups in total.